The van der Waals surface area contributed by atoms with Crippen molar-refractivity contribution in [2.24, 2.45) is 0 Å². The molecule has 1 aromatic carbocycles. The molecule has 1 heterocycles. The molecule has 0 aromatic heterocycles. The molecule has 0 aliphatic carbocycles. The van der Waals surface area contributed by atoms with Gasteiger partial charge in [0.05, 0.1) is 12.7 Å². The van der Waals surface area contributed by atoms with Crippen LogP contribution in [0.1, 0.15) is 49.4 Å². The fourth-order valence-electron chi connectivity index (χ4n) is 3.23. The molecule has 0 bridgehead atoms. The van der Waals surface area contributed by atoms with E-state index in [0.29, 0.717) is 17.9 Å². The standard InChI is InChI=1S/C18H28N2O2/c1-3-15-9-6-7-13-20(15)14-8-12-19-18(21)16-10-4-5-11-17(16)22-2/h4-5,10-11,15H,3,6-9,12-14H2,1-2H3,(H,19,21). The maximum atomic E-state index is 12.2. The van der Waals surface area contributed by atoms with Crippen LogP contribution in [0.3, 0.4) is 0 Å². The van der Waals surface area contributed by atoms with Crippen LogP contribution in [0.15, 0.2) is 24.3 Å². The molecule has 1 aliphatic heterocycles. The van der Waals surface area contributed by atoms with E-state index in [1.165, 1.54) is 32.2 Å². The monoisotopic (exact) mass is 304 g/mol. The molecule has 0 radical (unpaired) electrons. The lowest BCUT2D eigenvalue weighted by molar-refractivity contribution is 0.0944. The summed E-state index contributed by atoms with van der Waals surface area (Å²) in [6, 6.07) is 8.08. The van der Waals surface area contributed by atoms with Crippen molar-refractivity contribution in [1.29, 1.82) is 0 Å². The predicted molar refractivity (Wildman–Crippen MR) is 89.4 cm³/mol. The number of hydrogen-bond donors (Lipinski definition) is 1. The van der Waals surface area contributed by atoms with Gasteiger partial charge in [-0.3, -0.25) is 4.79 Å². The normalized spacial score (nSPS) is 18.9. The number of carbonyl (C=O) groups excluding carboxylic acids is 1. The number of para-hydroxylation sites is 1. The first-order valence-corrected chi connectivity index (χ1v) is 8.41. The van der Waals surface area contributed by atoms with E-state index < -0.39 is 0 Å². The summed E-state index contributed by atoms with van der Waals surface area (Å²) in [4.78, 5) is 14.8. The number of ether oxygens (including phenoxy) is 1. The van der Waals surface area contributed by atoms with Gasteiger partial charge >= 0.3 is 0 Å². The first-order chi connectivity index (χ1) is 10.8. The van der Waals surface area contributed by atoms with Crippen LogP contribution in [0.4, 0.5) is 0 Å². The second-order valence-electron chi connectivity index (χ2n) is 5.90. The van der Waals surface area contributed by atoms with Gasteiger partial charge in [-0.2, -0.15) is 0 Å². The SMILES string of the molecule is CCC1CCCCN1CCCNC(=O)c1ccccc1OC. The summed E-state index contributed by atoms with van der Waals surface area (Å²) in [5, 5.41) is 3.00. The van der Waals surface area contributed by atoms with Crippen molar-refractivity contribution in [2.75, 3.05) is 26.7 Å². The fraction of sp³-hybridized carbons (Fsp3) is 0.611. The van der Waals surface area contributed by atoms with Crippen molar-refractivity contribution in [3.05, 3.63) is 29.8 Å². The molecule has 0 spiro atoms. The van der Waals surface area contributed by atoms with Crippen LogP contribution in [-0.4, -0.2) is 43.6 Å². The molecule has 2 rings (SSSR count). The molecule has 4 heteroatoms. The zero-order valence-electron chi connectivity index (χ0n) is 13.8. The van der Waals surface area contributed by atoms with Crippen LogP contribution in [-0.2, 0) is 0 Å². The highest BCUT2D eigenvalue weighted by atomic mass is 16.5. The Bertz CT molecular complexity index is 476. The van der Waals surface area contributed by atoms with Crippen LogP contribution in [0.2, 0.25) is 0 Å². The zero-order valence-corrected chi connectivity index (χ0v) is 13.8. The molecular weight excluding hydrogens is 276 g/mol. The number of amides is 1. The lowest BCUT2D eigenvalue weighted by atomic mass is 10.00. The number of methoxy groups -OCH3 is 1. The summed E-state index contributed by atoms with van der Waals surface area (Å²) in [5.41, 5.74) is 0.606. The van der Waals surface area contributed by atoms with Gasteiger partial charge in [0.1, 0.15) is 5.75 Å². The van der Waals surface area contributed by atoms with Crippen molar-refractivity contribution in [1.82, 2.24) is 10.2 Å². The van der Waals surface area contributed by atoms with Gasteiger partial charge in [-0.05, 0) is 44.4 Å². The van der Waals surface area contributed by atoms with Crippen LogP contribution >= 0.6 is 0 Å². The number of likely N-dealkylation sites (tertiary alicyclic amines) is 1. The Kier molecular flexibility index (Phi) is 6.72. The van der Waals surface area contributed by atoms with Crippen molar-refractivity contribution in [3.63, 3.8) is 0 Å². The highest BCUT2D eigenvalue weighted by Crippen LogP contribution is 2.19. The van der Waals surface area contributed by atoms with E-state index in [2.05, 4.69) is 17.1 Å². The van der Waals surface area contributed by atoms with Gasteiger partial charge in [-0.1, -0.05) is 25.5 Å². The average molecular weight is 304 g/mol. The molecule has 22 heavy (non-hydrogen) atoms. The van der Waals surface area contributed by atoms with Crippen LogP contribution < -0.4 is 10.1 Å². The summed E-state index contributed by atoms with van der Waals surface area (Å²) in [6.07, 6.45) is 6.22. The largest absolute Gasteiger partial charge is 0.496 e. The van der Waals surface area contributed by atoms with Gasteiger partial charge in [-0.15, -0.1) is 0 Å². The van der Waals surface area contributed by atoms with Crippen molar-refractivity contribution < 1.29 is 9.53 Å². The first kappa shape index (κ1) is 16.8. The van der Waals surface area contributed by atoms with Crippen molar-refractivity contribution in [2.45, 2.75) is 45.1 Å². The minimum absolute atomic E-state index is 0.0527. The Morgan fingerprint density at radius 1 is 1.36 bits per heavy atom. The van der Waals surface area contributed by atoms with E-state index in [1.54, 1.807) is 13.2 Å². The minimum atomic E-state index is -0.0527. The smallest absolute Gasteiger partial charge is 0.255 e. The Balaban J connectivity index is 1.75. The molecular formula is C18H28N2O2. The average Bonchev–Trinajstić information content (AvgIpc) is 2.58. The van der Waals surface area contributed by atoms with Gasteiger partial charge in [0.2, 0.25) is 0 Å². The Morgan fingerprint density at radius 3 is 2.95 bits per heavy atom. The lowest BCUT2D eigenvalue weighted by Crippen LogP contribution is -2.40. The maximum Gasteiger partial charge on any atom is 0.255 e. The highest BCUT2D eigenvalue weighted by molar-refractivity contribution is 5.96. The minimum Gasteiger partial charge on any atom is -0.496 e. The van der Waals surface area contributed by atoms with Crippen molar-refractivity contribution in [3.8, 4) is 5.75 Å². The molecule has 1 saturated heterocycles. The van der Waals surface area contributed by atoms with Gasteiger partial charge in [0, 0.05) is 19.1 Å². The zero-order chi connectivity index (χ0) is 15.8. The van der Waals surface area contributed by atoms with E-state index >= 15 is 0 Å². The highest BCUT2D eigenvalue weighted by Gasteiger charge is 2.20. The van der Waals surface area contributed by atoms with Gasteiger partial charge in [0.25, 0.3) is 5.91 Å². The Hall–Kier alpha value is -1.55. The molecule has 0 saturated carbocycles. The Labute approximate surface area is 133 Å². The second-order valence-corrected chi connectivity index (χ2v) is 5.90. The number of nitrogens with one attached hydrogen (secondary N) is 1. The quantitative estimate of drug-likeness (QED) is 0.787. The molecule has 4 nitrogen and oxygen atoms in total. The summed E-state index contributed by atoms with van der Waals surface area (Å²) in [7, 11) is 1.59. The van der Waals surface area contributed by atoms with Crippen molar-refractivity contribution >= 4 is 5.91 Å². The van der Waals surface area contributed by atoms with Crippen LogP contribution in [0.5, 0.6) is 5.75 Å². The number of piperidine rings is 1. The lowest BCUT2D eigenvalue weighted by Gasteiger charge is -2.35. The number of carbonyl (C=O) groups is 1. The van der Waals surface area contributed by atoms with Crippen LogP contribution in [0, 0.1) is 0 Å². The van der Waals surface area contributed by atoms with E-state index in [4.69, 9.17) is 4.74 Å². The summed E-state index contributed by atoms with van der Waals surface area (Å²) < 4.78 is 5.23. The van der Waals surface area contributed by atoms with Crippen LogP contribution in [0.25, 0.3) is 0 Å². The third-order valence-corrected chi connectivity index (χ3v) is 4.48. The molecule has 1 aliphatic rings. The number of benzene rings is 1. The third kappa shape index (κ3) is 4.47. The summed E-state index contributed by atoms with van der Waals surface area (Å²) >= 11 is 0. The Morgan fingerprint density at radius 2 is 2.18 bits per heavy atom. The molecule has 1 amide bonds. The van der Waals surface area contributed by atoms with Gasteiger partial charge < -0.3 is 15.0 Å². The second kappa shape index (κ2) is 8.79. The maximum absolute atomic E-state index is 12.2. The molecule has 1 unspecified atom stereocenters. The number of rotatable bonds is 7. The van der Waals surface area contributed by atoms with E-state index in [1.807, 2.05) is 18.2 Å². The molecule has 1 atom stereocenters. The molecule has 122 valence electrons. The number of nitrogens with zero attached hydrogens (tertiary/aromatic N) is 1. The van der Waals surface area contributed by atoms with E-state index in [-0.39, 0.29) is 5.91 Å². The fourth-order valence-corrected chi connectivity index (χ4v) is 3.23. The predicted octanol–water partition coefficient (Wildman–Crippen LogP) is 3.08. The summed E-state index contributed by atoms with van der Waals surface area (Å²) in [6.45, 7) is 5.26. The first-order valence-electron chi connectivity index (χ1n) is 8.41. The van der Waals surface area contributed by atoms with Gasteiger partial charge in [0.15, 0.2) is 0 Å². The molecule has 1 fully saturated rings. The number of hydrogen-bond acceptors (Lipinski definition) is 3. The van der Waals surface area contributed by atoms with E-state index in [9.17, 15) is 4.79 Å². The summed E-state index contributed by atoms with van der Waals surface area (Å²) in [5.74, 6) is 0.574. The topological polar surface area (TPSA) is 41.6 Å². The van der Waals surface area contributed by atoms with E-state index in [0.717, 1.165) is 19.0 Å². The third-order valence-electron chi connectivity index (χ3n) is 4.48. The van der Waals surface area contributed by atoms with Gasteiger partial charge in [-0.25, -0.2) is 0 Å². The molecule has 1 aromatic rings. The molecule has 1 N–H and O–H groups in total.